The monoisotopic (exact) mass is 410 g/mol. The van der Waals surface area contributed by atoms with Crippen LogP contribution in [0.2, 0.25) is 0 Å². The first-order valence-corrected chi connectivity index (χ1v) is 10.7. The minimum Gasteiger partial charge on any atom is -0.496 e. The molecule has 2 N–H and O–H groups in total. The van der Waals surface area contributed by atoms with Gasteiger partial charge in [-0.3, -0.25) is 9.89 Å². The van der Waals surface area contributed by atoms with Crippen molar-refractivity contribution in [2.75, 3.05) is 30.8 Å². The van der Waals surface area contributed by atoms with Gasteiger partial charge in [-0.15, -0.1) is 0 Å². The Morgan fingerprint density at radius 1 is 0.871 bits per heavy atom. The molecule has 5 rings (SSSR count). The molecule has 2 heterocycles. The Morgan fingerprint density at radius 2 is 1.61 bits per heavy atom. The molecule has 0 unspecified atom stereocenters. The summed E-state index contributed by atoms with van der Waals surface area (Å²) in [6.45, 7) is 1.78. The van der Waals surface area contributed by atoms with Gasteiger partial charge in [-0.2, -0.15) is 0 Å². The van der Waals surface area contributed by atoms with E-state index in [4.69, 9.17) is 15.5 Å². The third-order valence-electron chi connectivity index (χ3n) is 5.84. The van der Waals surface area contributed by atoms with Gasteiger partial charge in [0.05, 0.1) is 12.8 Å². The van der Waals surface area contributed by atoms with Gasteiger partial charge in [-0.05, 0) is 48.7 Å². The Bertz CT molecular complexity index is 1150. The highest BCUT2D eigenvalue weighted by Gasteiger charge is 2.32. The molecular weight excluding hydrogens is 384 g/mol. The first kappa shape index (κ1) is 19.2. The number of guanidine groups is 1. The minimum absolute atomic E-state index is 0.786. The number of ether oxygens (including phenoxy) is 1. The predicted molar refractivity (Wildman–Crippen MR) is 128 cm³/mol. The molecule has 31 heavy (non-hydrogen) atoms. The number of rotatable bonds is 4. The standard InChI is InChI=1S/C26H26N4O/c1-31-25-11-5-3-9-22(25)24-18-30(26-28-16-6-7-17-29(24)26)20-14-12-19(13-15-20)21-8-2-4-10-23(21)27/h2-5,8-15,18H,6-7,16-17,27H2,1H3. The third-order valence-corrected chi connectivity index (χ3v) is 5.84. The van der Waals surface area contributed by atoms with E-state index in [2.05, 4.69) is 58.5 Å². The Balaban J connectivity index is 1.55. The number of nitrogens with zero attached hydrogens (tertiary/aromatic N) is 3. The van der Waals surface area contributed by atoms with Crippen LogP contribution < -0.4 is 15.4 Å². The summed E-state index contributed by atoms with van der Waals surface area (Å²) in [5.41, 5.74) is 12.4. The van der Waals surface area contributed by atoms with E-state index in [-0.39, 0.29) is 0 Å². The van der Waals surface area contributed by atoms with Gasteiger partial charge in [-0.1, -0.05) is 42.5 Å². The number of nitrogens with two attached hydrogens (primary N) is 1. The van der Waals surface area contributed by atoms with Crippen LogP contribution in [0.25, 0.3) is 16.8 Å². The minimum atomic E-state index is 0.786. The summed E-state index contributed by atoms with van der Waals surface area (Å²) in [5, 5.41) is 0. The molecule has 3 aromatic carbocycles. The van der Waals surface area contributed by atoms with Crippen molar-refractivity contribution in [1.29, 1.82) is 0 Å². The lowest BCUT2D eigenvalue weighted by atomic mass is 10.0. The number of anilines is 2. The molecule has 2 aliphatic heterocycles. The fourth-order valence-corrected chi connectivity index (χ4v) is 4.25. The first-order chi connectivity index (χ1) is 15.3. The summed E-state index contributed by atoms with van der Waals surface area (Å²) >= 11 is 0. The maximum Gasteiger partial charge on any atom is 0.210 e. The highest BCUT2D eigenvalue weighted by molar-refractivity contribution is 6.08. The zero-order chi connectivity index (χ0) is 21.2. The molecule has 0 aliphatic carbocycles. The van der Waals surface area contributed by atoms with Crippen molar-refractivity contribution in [2.45, 2.75) is 12.8 Å². The van der Waals surface area contributed by atoms with Crippen LogP contribution in [0.4, 0.5) is 11.4 Å². The maximum absolute atomic E-state index is 6.17. The van der Waals surface area contributed by atoms with Crippen LogP contribution in [0.3, 0.4) is 0 Å². The van der Waals surface area contributed by atoms with Crippen molar-refractivity contribution in [3.8, 4) is 16.9 Å². The average Bonchev–Trinajstić information content (AvgIpc) is 2.99. The highest BCUT2D eigenvalue weighted by atomic mass is 16.5. The molecule has 5 nitrogen and oxygen atoms in total. The van der Waals surface area contributed by atoms with E-state index >= 15 is 0 Å². The Labute approximate surface area is 183 Å². The normalized spacial score (nSPS) is 15.8. The summed E-state index contributed by atoms with van der Waals surface area (Å²) in [4.78, 5) is 9.42. The van der Waals surface area contributed by atoms with Crippen LogP contribution in [-0.2, 0) is 0 Å². The van der Waals surface area contributed by atoms with E-state index in [0.717, 1.165) is 71.4 Å². The zero-order valence-corrected chi connectivity index (χ0v) is 17.7. The third kappa shape index (κ3) is 3.52. The van der Waals surface area contributed by atoms with E-state index in [1.54, 1.807) is 7.11 Å². The van der Waals surface area contributed by atoms with E-state index < -0.39 is 0 Å². The van der Waals surface area contributed by atoms with Gasteiger partial charge in [0.25, 0.3) is 0 Å². The predicted octanol–water partition coefficient (Wildman–Crippen LogP) is 5.21. The molecule has 5 heteroatoms. The van der Waals surface area contributed by atoms with Gasteiger partial charge < -0.3 is 15.4 Å². The van der Waals surface area contributed by atoms with E-state index in [9.17, 15) is 0 Å². The summed E-state index contributed by atoms with van der Waals surface area (Å²) < 4.78 is 5.65. The van der Waals surface area contributed by atoms with Crippen molar-refractivity contribution >= 4 is 23.0 Å². The van der Waals surface area contributed by atoms with Crippen LogP contribution in [0.15, 0.2) is 84.0 Å². The molecule has 0 radical (unpaired) electrons. The smallest absolute Gasteiger partial charge is 0.210 e. The van der Waals surface area contributed by atoms with Crippen molar-refractivity contribution in [1.82, 2.24) is 4.90 Å². The average molecular weight is 411 g/mol. The van der Waals surface area contributed by atoms with Crippen LogP contribution >= 0.6 is 0 Å². The van der Waals surface area contributed by atoms with Gasteiger partial charge in [0.1, 0.15) is 5.75 Å². The number of para-hydroxylation sites is 2. The molecule has 0 aromatic heterocycles. The molecular formula is C26H26N4O. The number of hydrogen-bond acceptors (Lipinski definition) is 5. The lowest BCUT2D eigenvalue weighted by Crippen LogP contribution is -2.34. The number of hydrogen-bond donors (Lipinski definition) is 1. The summed E-state index contributed by atoms with van der Waals surface area (Å²) in [6.07, 6.45) is 4.38. The SMILES string of the molecule is COc1ccccc1C1=CN(c2ccc(-c3ccccc3N)cc2)C2=NCCCCN12. The lowest BCUT2D eigenvalue weighted by Gasteiger charge is -2.25. The Kier molecular flexibility index (Phi) is 5.08. The second-order valence-electron chi connectivity index (χ2n) is 7.76. The van der Waals surface area contributed by atoms with E-state index in [1.165, 1.54) is 0 Å². The number of fused-ring (bicyclic) bond motifs is 1. The van der Waals surface area contributed by atoms with Crippen molar-refractivity contribution in [3.63, 3.8) is 0 Å². The first-order valence-electron chi connectivity index (χ1n) is 10.7. The van der Waals surface area contributed by atoms with Crippen LogP contribution in [0.1, 0.15) is 18.4 Å². The second-order valence-corrected chi connectivity index (χ2v) is 7.76. The van der Waals surface area contributed by atoms with E-state index in [0.29, 0.717) is 0 Å². The number of aliphatic imine (C=N–C) groups is 1. The Morgan fingerprint density at radius 3 is 2.39 bits per heavy atom. The molecule has 3 aromatic rings. The lowest BCUT2D eigenvalue weighted by molar-refractivity contribution is 0.412. The molecule has 0 saturated heterocycles. The Hall–Kier alpha value is -3.73. The molecule has 0 atom stereocenters. The molecule has 156 valence electrons. The zero-order valence-electron chi connectivity index (χ0n) is 17.7. The number of nitrogen functional groups attached to an aromatic ring is 1. The maximum atomic E-state index is 6.17. The van der Waals surface area contributed by atoms with Crippen LogP contribution in [-0.4, -0.2) is 31.1 Å². The quantitative estimate of drug-likeness (QED) is 0.600. The topological polar surface area (TPSA) is 54.1 Å². The number of benzene rings is 3. The molecule has 0 saturated carbocycles. The van der Waals surface area contributed by atoms with E-state index in [1.807, 2.05) is 30.3 Å². The molecule has 0 fully saturated rings. The van der Waals surface area contributed by atoms with Gasteiger partial charge in [0, 0.05) is 41.8 Å². The second kappa shape index (κ2) is 8.19. The highest BCUT2D eigenvalue weighted by Crippen LogP contribution is 2.37. The van der Waals surface area contributed by atoms with Crippen molar-refractivity contribution < 1.29 is 4.74 Å². The van der Waals surface area contributed by atoms with Gasteiger partial charge in [0.2, 0.25) is 5.96 Å². The van der Waals surface area contributed by atoms with Gasteiger partial charge >= 0.3 is 0 Å². The van der Waals surface area contributed by atoms with Gasteiger partial charge in [0.15, 0.2) is 0 Å². The number of methoxy groups -OCH3 is 1. The molecule has 0 amide bonds. The largest absolute Gasteiger partial charge is 0.496 e. The van der Waals surface area contributed by atoms with Gasteiger partial charge in [-0.25, -0.2) is 0 Å². The van der Waals surface area contributed by atoms with Crippen LogP contribution in [0.5, 0.6) is 5.75 Å². The molecule has 2 aliphatic rings. The van der Waals surface area contributed by atoms with Crippen molar-refractivity contribution in [2.24, 2.45) is 4.99 Å². The fourth-order valence-electron chi connectivity index (χ4n) is 4.25. The summed E-state index contributed by atoms with van der Waals surface area (Å²) in [7, 11) is 1.72. The molecule has 0 bridgehead atoms. The van der Waals surface area contributed by atoms with Crippen molar-refractivity contribution in [3.05, 3.63) is 84.6 Å². The summed E-state index contributed by atoms with van der Waals surface area (Å²) in [5.74, 6) is 1.85. The fraction of sp³-hybridized carbons (Fsp3) is 0.192. The van der Waals surface area contributed by atoms with Crippen LogP contribution in [0, 0.1) is 0 Å². The molecule has 0 spiro atoms. The summed E-state index contributed by atoms with van der Waals surface area (Å²) in [6, 6.07) is 24.6.